The van der Waals surface area contributed by atoms with Gasteiger partial charge in [-0.05, 0) is 60.7 Å². The number of pyridine rings is 2. The third-order valence-electron chi connectivity index (χ3n) is 6.44. The number of halogens is 1. The number of rotatable bonds is 6. The Hall–Kier alpha value is -3.98. The van der Waals surface area contributed by atoms with Gasteiger partial charge in [-0.1, -0.05) is 6.07 Å². The van der Waals surface area contributed by atoms with Crippen molar-refractivity contribution in [2.45, 2.75) is 13.3 Å². The number of anilines is 1. The quantitative estimate of drug-likeness (QED) is 0.321. The van der Waals surface area contributed by atoms with Gasteiger partial charge in [-0.2, -0.15) is 0 Å². The minimum atomic E-state index is -0.728. The molecular weight excluding hydrogens is 463 g/mol. The van der Waals surface area contributed by atoms with Crippen molar-refractivity contribution in [1.29, 1.82) is 0 Å². The smallest absolute Gasteiger partial charge is 0.434 e. The lowest BCUT2D eigenvalue weighted by Gasteiger charge is -2.36. The predicted octanol–water partition coefficient (Wildman–Crippen LogP) is 4.12. The van der Waals surface area contributed by atoms with Crippen LogP contribution in [-0.4, -0.2) is 60.4 Å². The molecule has 0 radical (unpaired) electrons. The molecule has 5 rings (SSSR count). The molecule has 8 nitrogen and oxygen atoms in total. The lowest BCUT2D eigenvalue weighted by molar-refractivity contribution is 0.104. The molecule has 3 heterocycles. The third-order valence-corrected chi connectivity index (χ3v) is 6.44. The van der Waals surface area contributed by atoms with Crippen LogP contribution in [0.3, 0.4) is 0 Å². The number of aromatic amines is 1. The summed E-state index contributed by atoms with van der Waals surface area (Å²) < 4.78 is 23.8. The van der Waals surface area contributed by atoms with Crippen molar-refractivity contribution in [3.05, 3.63) is 76.5 Å². The number of H-pyrrole nitrogens is 1. The second-order valence-electron chi connectivity index (χ2n) is 8.73. The number of piperazine rings is 1. The van der Waals surface area contributed by atoms with E-state index >= 15 is 0 Å². The van der Waals surface area contributed by atoms with E-state index in [1.165, 1.54) is 12.1 Å². The monoisotopic (exact) mass is 490 g/mol. The summed E-state index contributed by atoms with van der Waals surface area (Å²) >= 11 is 0. The van der Waals surface area contributed by atoms with Crippen LogP contribution in [0.1, 0.15) is 12.5 Å². The van der Waals surface area contributed by atoms with Gasteiger partial charge in [0, 0.05) is 55.8 Å². The zero-order valence-corrected chi connectivity index (χ0v) is 20.0. The van der Waals surface area contributed by atoms with E-state index < -0.39 is 6.16 Å². The second kappa shape index (κ2) is 10.3. The maximum absolute atomic E-state index is 13.6. The van der Waals surface area contributed by atoms with Crippen molar-refractivity contribution in [1.82, 2.24) is 14.9 Å². The van der Waals surface area contributed by atoms with E-state index in [1.54, 1.807) is 31.3 Å². The molecule has 0 aliphatic carbocycles. The molecule has 2 aromatic carbocycles. The number of aromatic nitrogens is 2. The first-order chi connectivity index (χ1) is 17.5. The maximum Gasteiger partial charge on any atom is 0.513 e. The number of hydrogen-bond donors (Lipinski definition) is 1. The van der Waals surface area contributed by atoms with Crippen LogP contribution in [0.15, 0.2) is 59.5 Å². The van der Waals surface area contributed by atoms with Gasteiger partial charge in [0.15, 0.2) is 0 Å². The van der Waals surface area contributed by atoms with Gasteiger partial charge in [-0.15, -0.1) is 0 Å². The van der Waals surface area contributed by atoms with Crippen LogP contribution < -0.4 is 15.2 Å². The topological polar surface area (TPSA) is 87.8 Å². The van der Waals surface area contributed by atoms with Crippen LogP contribution in [-0.2, 0) is 11.2 Å². The van der Waals surface area contributed by atoms with Crippen LogP contribution >= 0.6 is 0 Å². The fourth-order valence-electron chi connectivity index (χ4n) is 4.66. The Morgan fingerprint density at radius 2 is 1.89 bits per heavy atom. The van der Waals surface area contributed by atoms with E-state index in [2.05, 4.69) is 19.8 Å². The van der Waals surface area contributed by atoms with Gasteiger partial charge >= 0.3 is 6.16 Å². The van der Waals surface area contributed by atoms with Gasteiger partial charge in [0.05, 0.1) is 12.1 Å². The number of nitrogens with one attached hydrogen (secondary N) is 1. The minimum absolute atomic E-state index is 0.221. The molecule has 9 heteroatoms. The normalized spacial score (nSPS) is 14.3. The third kappa shape index (κ3) is 5.16. The first kappa shape index (κ1) is 23.7. The molecule has 1 aliphatic heterocycles. The summed E-state index contributed by atoms with van der Waals surface area (Å²) in [6, 6.07) is 13.5. The van der Waals surface area contributed by atoms with E-state index in [4.69, 9.17) is 9.47 Å². The Morgan fingerprint density at radius 3 is 2.69 bits per heavy atom. The molecular formula is C27H27FN4O4. The molecule has 1 aliphatic rings. The first-order valence-corrected chi connectivity index (χ1v) is 12.0. The van der Waals surface area contributed by atoms with E-state index in [9.17, 15) is 14.0 Å². The highest BCUT2D eigenvalue weighted by Gasteiger charge is 2.20. The second-order valence-corrected chi connectivity index (χ2v) is 8.73. The average molecular weight is 491 g/mol. The highest BCUT2D eigenvalue weighted by molar-refractivity contribution is 5.93. The molecule has 2 aromatic heterocycles. The molecule has 0 spiro atoms. The predicted molar refractivity (Wildman–Crippen MR) is 136 cm³/mol. The summed E-state index contributed by atoms with van der Waals surface area (Å²) in [6.07, 6.45) is 1.76. The number of hydrogen-bond acceptors (Lipinski definition) is 7. The lowest BCUT2D eigenvalue weighted by Crippen LogP contribution is -2.47. The van der Waals surface area contributed by atoms with E-state index in [0.29, 0.717) is 17.7 Å². The highest BCUT2D eigenvalue weighted by Crippen LogP contribution is 2.29. The molecule has 36 heavy (non-hydrogen) atoms. The van der Waals surface area contributed by atoms with Crippen molar-refractivity contribution in [2.75, 3.05) is 44.2 Å². The van der Waals surface area contributed by atoms with Crippen molar-refractivity contribution in [3.63, 3.8) is 0 Å². The largest absolute Gasteiger partial charge is 0.513 e. The van der Waals surface area contributed by atoms with Crippen molar-refractivity contribution in [3.8, 4) is 5.75 Å². The molecule has 1 fully saturated rings. The van der Waals surface area contributed by atoms with Crippen LogP contribution in [0.2, 0.25) is 0 Å². The van der Waals surface area contributed by atoms with Gasteiger partial charge in [0.2, 0.25) is 5.56 Å². The van der Waals surface area contributed by atoms with Gasteiger partial charge in [0.25, 0.3) is 0 Å². The number of fused-ring (bicyclic) bond motifs is 2. The fourth-order valence-corrected chi connectivity index (χ4v) is 4.66. The molecule has 186 valence electrons. The molecule has 0 unspecified atom stereocenters. The maximum atomic E-state index is 13.6. The van der Waals surface area contributed by atoms with Crippen molar-refractivity contribution >= 4 is 33.6 Å². The van der Waals surface area contributed by atoms with Crippen LogP contribution in [0.25, 0.3) is 21.7 Å². The van der Waals surface area contributed by atoms with Gasteiger partial charge < -0.3 is 19.4 Å². The van der Waals surface area contributed by atoms with Crippen molar-refractivity contribution in [2.24, 2.45) is 0 Å². The van der Waals surface area contributed by atoms with Gasteiger partial charge in [0.1, 0.15) is 17.4 Å². The zero-order chi connectivity index (χ0) is 25.1. The molecule has 4 aromatic rings. The molecule has 0 bridgehead atoms. The van der Waals surface area contributed by atoms with Crippen LogP contribution in [0.4, 0.5) is 15.0 Å². The summed E-state index contributed by atoms with van der Waals surface area (Å²) in [5.74, 6) is 0.899. The van der Waals surface area contributed by atoms with Crippen LogP contribution in [0.5, 0.6) is 5.75 Å². The Morgan fingerprint density at radius 1 is 1.06 bits per heavy atom. The summed E-state index contributed by atoms with van der Waals surface area (Å²) in [4.78, 5) is 35.7. The number of benzene rings is 2. The van der Waals surface area contributed by atoms with E-state index in [0.717, 1.165) is 60.3 Å². The molecule has 0 amide bonds. The van der Waals surface area contributed by atoms with Crippen LogP contribution in [0, 0.1) is 5.82 Å². The Balaban J connectivity index is 1.26. The van der Waals surface area contributed by atoms with Gasteiger partial charge in [-0.3, -0.25) is 9.69 Å². The number of carbonyl (C=O) groups excluding carboxylic acids is 1. The first-order valence-electron chi connectivity index (χ1n) is 12.0. The average Bonchev–Trinajstić information content (AvgIpc) is 2.87. The summed E-state index contributed by atoms with van der Waals surface area (Å²) in [5, 5.41) is 2.79. The fraction of sp³-hybridized carbons (Fsp3) is 0.296. The summed E-state index contributed by atoms with van der Waals surface area (Å²) in [5.41, 5.74) is 1.22. The number of ether oxygens (including phenoxy) is 2. The Bertz CT molecular complexity index is 1460. The molecule has 0 saturated carbocycles. The standard InChI is InChI=1S/C27H27FN4O4/c1-2-35-27(34)36-21-5-3-18-7-9-29-26(23(18)17-21)32-13-11-31(12-14-32)10-8-19-15-25(33)30-24-16-20(28)4-6-22(19)24/h3-7,9,15-17H,2,8,10-14H2,1H3,(H,30,33). The van der Waals surface area contributed by atoms with Crippen molar-refractivity contribution < 1.29 is 18.7 Å². The van der Waals surface area contributed by atoms with E-state index in [-0.39, 0.29) is 18.0 Å². The number of nitrogens with zero attached hydrogens (tertiary/aromatic N) is 3. The zero-order valence-electron chi connectivity index (χ0n) is 20.0. The highest BCUT2D eigenvalue weighted by atomic mass is 19.1. The minimum Gasteiger partial charge on any atom is -0.434 e. The Kier molecular flexibility index (Phi) is 6.81. The molecule has 1 N–H and O–H groups in total. The van der Waals surface area contributed by atoms with Gasteiger partial charge in [-0.25, -0.2) is 14.2 Å². The summed E-state index contributed by atoms with van der Waals surface area (Å²) in [7, 11) is 0. The van der Waals surface area contributed by atoms with E-state index in [1.807, 2.05) is 18.2 Å². The lowest BCUT2D eigenvalue weighted by atomic mass is 10.1. The SMILES string of the molecule is CCOC(=O)Oc1ccc2ccnc(N3CCN(CCc4cc(=O)[nH]c5cc(F)ccc45)CC3)c2c1. The molecule has 1 saturated heterocycles. The Labute approximate surface area is 207 Å². The number of carbonyl (C=O) groups is 1. The summed E-state index contributed by atoms with van der Waals surface area (Å²) in [6.45, 7) is 6.03. The molecule has 0 atom stereocenters.